The molecule has 0 fully saturated rings. The average molecular weight is 430 g/mol. The summed E-state index contributed by atoms with van der Waals surface area (Å²) in [6.07, 6.45) is 0. The molecule has 0 aliphatic rings. The first kappa shape index (κ1) is 21.4. The molecule has 0 saturated heterocycles. The second-order valence-electron chi connectivity index (χ2n) is 6.32. The average Bonchev–Trinajstić information content (AvgIpc) is 2.69. The predicted octanol–water partition coefficient (Wildman–Crippen LogP) is 6.11. The first-order valence-corrected chi connectivity index (χ1v) is 9.68. The highest BCUT2D eigenvalue weighted by molar-refractivity contribution is 8.00. The second-order valence-corrected chi connectivity index (χ2v) is 7.46. The minimum atomic E-state index is -4.39. The van der Waals surface area contributed by atoms with E-state index < -0.39 is 11.4 Å². The summed E-state index contributed by atoms with van der Waals surface area (Å²) >= 11 is -0.243. The van der Waals surface area contributed by atoms with E-state index in [4.69, 9.17) is 0 Å². The lowest BCUT2D eigenvalue weighted by molar-refractivity contribution is -0.0328. The molecule has 0 radical (unpaired) electrons. The summed E-state index contributed by atoms with van der Waals surface area (Å²) in [5, 5.41) is 5.50. The van der Waals surface area contributed by atoms with E-state index in [-0.39, 0.29) is 28.1 Å². The molecule has 0 aromatic heterocycles. The topological polar surface area (TPSA) is 58.2 Å². The van der Waals surface area contributed by atoms with Gasteiger partial charge in [0.15, 0.2) is 0 Å². The van der Waals surface area contributed by atoms with E-state index in [9.17, 15) is 22.8 Å². The number of carbonyl (C=O) groups excluding carboxylic acids is 2. The van der Waals surface area contributed by atoms with Gasteiger partial charge in [-0.1, -0.05) is 24.3 Å². The summed E-state index contributed by atoms with van der Waals surface area (Å²) in [7, 11) is 0. The van der Waals surface area contributed by atoms with E-state index in [1.807, 2.05) is 6.07 Å². The van der Waals surface area contributed by atoms with Crippen molar-refractivity contribution in [2.45, 2.75) is 17.3 Å². The van der Waals surface area contributed by atoms with Gasteiger partial charge in [-0.15, -0.1) is 0 Å². The summed E-state index contributed by atoms with van der Waals surface area (Å²) < 4.78 is 37.3. The number of anilines is 2. The van der Waals surface area contributed by atoms with Gasteiger partial charge in [-0.25, -0.2) is 0 Å². The highest BCUT2D eigenvalue weighted by atomic mass is 32.2. The molecule has 0 bridgehead atoms. The van der Waals surface area contributed by atoms with Gasteiger partial charge in [0.05, 0.1) is 0 Å². The van der Waals surface area contributed by atoms with Gasteiger partial charge in [-0.3, -0.25) is 9.59 Å². The fourth-order valence-corrected chi connectivity index (χ4v) is 3.28. The molecule has 3 aromatic carbocycles. The molecule has 4 nitrogen and oxygen atoms in total. The van der Waals surface area contributed by atoms with Crippen molar-refractivity contribution in [3.05, 3.63) is 89.5 Å². The second kappa shape index (κ2) is 9.04. The molecular formula is C22H17F3N2O2S. The molecular weight excluding hydrogens is 413 g/mol. The molecule has 2 N–H and O–H groups in total. The van der Waals surface area contributed by atoms with Crippen molar-refractivity contribution in [2.24, 2.45) is 0 Å². The van der Waals surface area contributed by atoms with Crippen LogP contribution in [0.25, 0.3) is 0 Å². The van der Waals surface area contributed by atoms with Crippen molar-refractivity contribution in [3.63, 3.8) is 0 Å². The third kappa shape index (κ3) is 5.64. The number of halogens is 3. The molecule has 3 aromatic rings. The molecule has 0 atom stereocenters. The number of rotatable bonds is 5. The molecule has 8 heteroatoms. The lowest BCUT2D eigenvalue weighted by Crippen LogP contribution is -2.17. The van der Waals surface area contributed by atoms with E-state index in [2.05, 4.69) is 10.6 Å². The molecule has 0 heterocycles. The first-order chi connectivity index (χ1) is 14.2. The number of hydrogen-bond acceptors (Lipinski definition) is 3. The number of nitrogens with one attached hydrogen (secondary N) is 2. The minimum absolute atomic E-state index is 0.00480. The first-order valence-electron chi connectivity index (χ1n) is 8.86. The van der Waals surface area contributed by atoms with Gasteiger partial charge in [-0.05, 0) is 72.8 Å². The Hall–Kier alpha value is -3.26. The van der Waals surface area contributed by atoms with Crippen LogP contribution in [-0.2, 0) is 0 Å². The fourth-order valence-electron chi connectivity index (χ4n) is 2.74. The molecule has 0 unspecified atom stereocenters. The lowest BCUT2D eigenvalue weighted by Gasteiger charge is -2.13. The number of benzene rings is 3. The molecule has 0 saturated carbocycles. The molecule has 2 amide bonds. The molecule has 3 rings (SSSR count). The van der Waals surface area contributed by atoms with Crippen molar-refractivity contribution in [1.29, 1.82) is 0 Å². The Morgan fingerprint density at radius 1 is 0.800 bits per heavy atom. The maximum absolute atomic E-state index is 12.6. The Kier molecular flexibility index (Phi) is 6.47. The number of carbonyl (C=O) groups is 2. The van der Waals surface area contributed by atoms with Gasteiger partial charge in [-0.2, -0.15) is 13.2 Å². The number of hydrogen-bond donors (Lipinski definition) is 2. The standard InChI is InChI=1S/C22H17F3N2O2S/c1-14-18(21(29)26-16-6-3-2-4-7-16)8-5-9-19(14)27-20(28)15-10-12-17(13-11-15)30-22(23,24)25/h2-13H,1H3,(H,26,29)(H,27,28). The summed E-state index contributed by atoms with van der Waals surface area (Å²) in [6, 6.07) is 19.0. The monoisotopic (exact) mass is 430 g/mol. The van der Waals surface area contributed by atoms with Crippen LogP contribution in [0.3, 0.4) is 0 Å². The van der Waals surface area contributed by atoms with Crippen LogP contribution in [0.1, 0.15) is 26.3 Å². The van der Waals surface area contributed by atoms with Crippen molar-refractivity contribution in [2.75, 3.05) is 10.6 Å². The van der Waals surface area contributed by atoms with Crippen molar-refractivity contribution in [3.8, 4) is 0 Å². The summed E-state index contributed by atoms with van der Waals surface area (Å²) in [4.78, 5) is 25.1. The van der Waals surface area contributed by atoms with E-state index in [1.54, 1.807) is 49.4 Å². The molecule has 0 aliphatic heterocycles. The Morgan fingerprint density at radius 2 is 1.47 bits per heavy atom. The van der Waals surface area contributed by atoms with Crippen molar-refractivity contribution >= 4 is 35.0 Å². The zero-order chi connectivity index (χ0) is 21.7. The zero-order valence-corrected chi connectivity index (χ0v) is 16.6. The van der Waals surface area contributed by atoms with E-state index in [0.717, 1.165) is 0 Å². The van der Waals surface area contributed by atoms with E-state index in [1.165, 1.54) is 24.3 Å². The van der Waals surface area contributed by atoms with E-state index in [0.29, 0.717) is 22.5 Å². The predicted molar refractivity (Wildman–Crippen MR) is 112 cm³/mol. The normalized spacial score (nSPS) is 11.1. The van der Waals surface area contributed by atoms with Gasteiger partial charge >= 0.3 is 5.51 Å². The van der Waals surface area contributed by atoms with Gasteiger partial charge in [0.1, 0.15) is 0 Å². The molecule has 154 valence electrons. The quantitative estimate of drug-likeness (QED) is 0.480. The van der Waals surface area contributed by atoms with Crippen molar-refractivity contribution < 1.29 is 22.8 Å². The summed E-state index contributed by atoms with van der Waals surface area (Å²) in [5.41, 5.74) is -2.12. The largest absolute Gasteiger partial charge is 0.446 e. The van der Waals surface area contributed by atoms with Crippen LogP contribution in [0.5, 0.6) is 0 Å². The molecule has 0 aliphatic carbocycles. The van der Waals surface area contributed by atoms with Crippen LogP contribution in [0.4, 0.5) is 24.5 Å². The van der Waals surface area contributed by atoms with Crippen LogP contribution >= 0.6 is 11.8 Å². The third-order valence-corrected chi connectivity index (χ3v) is 4.95. The Balaban J connectivity index is 1.73. The Bertz CT molecular complexity index is 1050. The maximum Gasteiger partial charge on any atom is 0.446 e. The van der Waals surface area contributed by atoms with Gasteiger partial charge in [0, 0.05) is 27.4 Å². The number of amides is 2. The smallest absolute Gasteiger partial charge is 0.322 e. The van der Waals surface area contributed by atoms with Gasteiger partial charge < -0.3 is 10.6 Å². The lowest BCUT2D eigenvalue weighted by atomic mass is 10.1. The number of alkyl halides is 3. The fraction of sp³-hybridized carbons (Fsp3) is 0.0909. The number of thioether (sulfide) groups is 1. The van der Waals surface area contributed by atoms with Crippen LogP contribution in [-0.4, -0.2) is 17.3 Å². The van der Waals surface area contributed by atoms with Crippen LogP contribution in [0.15, 0.2) is 77.7 Å². The maximum atomic E-state index is 12.6. The Labute approximate surface area is 175 Å². The Morgan fingerprint density at radius 3 is 2.10 bits per heavy atom. The summed E-state index contributed by atoms with van der Waals surface area (Å²) in [5.74, 6) is -0.800. The highest BCUT2D eigenvalue weighted by Gasteiger charge is 2.29. The van der Waals surface area contributed by atoms with Gasteiger partial charge in [0.25, 0.3) is 11.8 Å². The van der Waals surface area contributed by atoms with Crippen LogP contribution in [0, 0.1) is 6.92 Å². The van der Waals surface area contributed by atoms with Gasteiger partial charge in [0.2, 0.25) is 0 Å². The summed E-state index contributed by atoms with van der Waals surface area (Å²) in [6.45, 7) is 1.71. The highest BCUT2D eigenvalue weighted by Crippen LogP contribution is 2.36. The molecule has 30 heavy (non-hydrogen) atoms. The number of para-hydroxylation sites is 1. The van der Waals surface area contributed by atoms with Crippen LogP contribution in [0.2, 0.25) is 0 Å². The SMILES string of the molecule is Cc1c(NC(=O)c2ccc(SC(F)(F)F)cc2)cccc1C(=O)Nc1ccccc1. The van der Waals surface area contributed by atoms with Crippen LogP contribution < -0.4 is 10.6 Å². The zero-order valence-electron chi connectivity index (χ0n) is 15.8. The third-order valence-electron chi connectivity index (χ3n) is 4.21. The molecule has 0 spiro atoms. The van der Waals surface area contributed by atoms with E-state index >= 15 is 0 Å². The minimum Gasteiger partial charge on any atom is -0.322 e. The van der Waals surface area contributed by atoms with Crippen molar-refractivity contribution in [1.82, 2.24) is 0 Å².